The predicted molar refractivity (Wildman–Crippen MR) is 69.2 cm³/mol. The fourth-order valence-corrected chi connectivity index (χ4v) is 1.97. The Labute approximate surface area is 106 Å². The van der Waals surface area contributed by atoms with Gasteiger partial charge in [-0.05, 0) is 11.5 Å². The highest BCUT2D eigenvalue weighted by Gasteiger charge is 2.24. The van der Waals surface area contributed by atoms with Gasteiger partial charge >= 0.3 is 5.97 Å². The van der Waals surface area contributed by atoms with E-state index < -0.39 is 12.0 Å². The fourth-order valence-electron chi connectivity index (χ4n) is 1.97. The third-order valence-corrected chi connectivity index (χ3v) is 2.88. The molecule has 4 nitrogen and oxygen atoms in total. The third-order valence-electron chi connectivity index (χ3n) is 2.88. The number of aliphatic carboxylic acids is 1. The Morgan fingerprint density at radius 3 is 2.44 bits per heavy atom. The average Bonchev–Trinajstić information content (AvgIpc) is 2.78. The highest BCUT2D eigenvalue weighted by atomic mass is 16.4. The molecule has 2 rings (SSSR count). The summed E-state index contributed by atoms with van der Waals surface area (Å²) >= 11 is 0. The summed E-state index contributed by atoms with van der Waals surface area (Å²) in [7, 11) is 0. The number of nitrogens with zero attached hydrogens (tertiary/aromatic N) is 2. The van der Waals surface area contributed by atoms with Gasteiger partial charge in [0.05, 0.1) is 6.20 Å². The van der Waals surface area contributed by atoms with Crippen molar-refractivity contribution in [3.05, 3.63) is 42.7 Å². The molecule has 0 saturated heterocycles. The van der Waals surface area contributed by atoms with Crippen molar-refractivity contribution in [1.29, 1.82) is 0 Å². The van der Waals surface area contributed by atoms with Gasteiger partial charge in [0.1, 0.15) is 0 Å². The van der Waals surface area contributed by atoms with E-state index in [4.69, 9.17) is 0 Å². The maximum absolute atomic E-state index is 11.2. The van der Waals surface area contributed by atoms with Gasteiger partial charge in [-0.1, -0.05) is 44.2 Å². The fraction of sp³-hybridized carbons (Fsp3) is 0.286. The molecule has 0 aliphatic heterocycles. The normalized spacial score (nSPS) is 12.6. The largest absolute Gasteiger partial charge is 0.480 e. The van der Waals surface area contributed by atoms with Crippen LogP contribution in [0.4, 0.5) is 0 Å². The molecule has 18 heavy (non-hydrogen) atoms. The van der Waals surface area contributed by atoms with E-state index in [1.807, 2.05) is 44.2 Å². The number of carboxylic acids is 1. The molecular weight excluding hydrogens is 228 g/mol. The smallest absolute Gasteiger partial charge is 0.328 e. The summed E-state index contributed by atoms with van der Waals surface area (Å²) in [6.45, 7) is 3.76. The molecule has 0 spiro atoms. The summed E-state index contributed by atoms with van der Waals surface area (Å²) in [6.07, 6.45) is 3.49. The molecule has 1 N–H and O–H groups in total. The molecule has 2 aromatic rings. The zero-order valence-corrected chi connectivity index (χ0v) is 10.4. The molecule has 4 heteroatoms. The van der Waals surface area contributed by atoms with Crippen molar-refractivity contribution in [2.75, 3.05) is 0 Å². The van der Waals surface area contributed by atoms with Crippen LogP contribution < -0.4 is 0 Å². The summed E-state index contributed by atoms with van der Waals surface area (Å²) in [5.41, 5.74) is 1.97. The van der Waals surface area contributed by atoms with Gasteiger partial charge in [-0.2, -0.15) is 5.10 Å². The van der Waals surface area contributed by atoms with Gasteiger partial charge in [0.15, 0.2) is 6.04 Å². The molecule has 94 valence electrons. The highest BCUT2D eigenvalue weighted by molar-refractivity contribution is 5.72. The molecule has 0 saturated carbocycles. The molecule has 1 aromatic heterocycles. The summed E-state index contributed by atoms with van der Waals surface area (Å²) in [4.78, 5) is 11.2. The van der Waals surface area contributed by atoms with Gasteiger partial charge in [-0.3, -0.25) is 4.68 Å². The standard InChI is InChI=1S/C14H16N2O2/c1-10(2)13(14(17)18)16-9-12(8-15-16)11-6-4-3-5-7-11/h3-10,13H,1-2H3,(H,17,18). The molecule has 0 aliphatic carbocycles. The monoisotopic (exact) mass is 244 g/mol. The van der Waals surface area contributed by atoms with Crippen LogP contribution in [0.25, 0.3) is 11.1 Å². The molecule has 0 fully saturated rings. The van der Waals surface area contributed by atoms with Gasteiger partial charge in [0.25, 0.3) is 0 Å². The Hall–Kier alpha value is -2.10. The minimum atomic E-state index is -0.854. The van der Waals surface area contributed by atoms with Crippen LogP contribution in [-0.2, 0) is 4.79 Å². The van der Waals surface area contributed by atoms with E-state index in [9.17, 15) is 9.90 Å². The van der Waals surface area contributed by atoms with Gasteiger partial charge in [0, 0.05) is 11.8 Å². The van der Waals surface area contributed by atoms with E-state index in [-0.39, 0.29) is 5.92 Å². The van der Waals surface area contributed by atoms with E-state index >= 15 is 0 Å². The molecule has 1 atom stereocenters. The van der Waals surface area contributed by atoms with Crippen molar-refractivity contribution in [2.45, 2.75) is 19.9 Å². The summed E-state index contributed by atoms with van der Waals surface area (Å²) in [5, 5.41) is 13.4. The van der Waals surface area contributed by atoms with Crippen molar-refractivity contribution in [3.63, 3.8) is 0 Å². The topological polar surface area (TPSA) is 55.1 Å². The lowest BCUT2D eigenvalue weighted by atomic mass is 10.1. The number of hydrogen-bond acceptors (Lipinski definition) is 2. The van der Waals surface area contributed by atoms with Crippen molar-refractivity contribution >= 4 is 5.97 Å². The summed E-state index contributed by atoms with van der Waals surface area (Å²) in [6, 6.07) is 9.18. The molecule has 0 bridgehead atoms. The van der Waals surface area contributed by atoms with Crippen LogP contribution in [0.5, 0.6) is 0 Å². The minimum absolute atomic E-state index is 0.00831. The Kier molecular flexibility index (Phi) is 3.46. The zero-order valence-electron chi connectivity index (χ0n) is 10.4. The number of aromatic nitrogens is 2. The van der Waals surface area contributed by atoms with Crippen LogP contribution in [0.15, 0.2) is 42.7 Å². The lowest BCUT2D eigenvalue weighted by Gasteiger charge is -2.16. The first kappa shape index (κ1) is 12.4. The average molecular weight is 244 g/mol. The number of carbonyl (C=O) groups is 1. The first-order valence-electron chi connectivity index (χ1n) is 5.92. The highest BCUT2D eigenvalue weighted by Crippen LogP contribution is 2.22. The predicted octanol–water partition coefficient (Wildman–Crippen LogP) is 2.83. The van der Waals surface area contributed by atoms with E-state index in [2.05, 4.69) is 5.10 Å². The second-order valence-electron chi connectivity index (χ2n) is 4.60. The quantitative estimate of drug-likeness (QED) is 0.899. The molecule has 0 aliphatic rings. The summed E-state index contributed by atoms with van der Waals surface area (Å²) < 4.78 is 1.52. The van der Waals surface area contributed by atoms with E-state index in [1.165, 1.54) is 4.68 Å². The minimum Gasteiger partial charge on any atom is -0.480 e. The van der Waals surface area contributed by atoms with Gasteiger partial charge in [-0.15, -0.1) is 0 Å². The van der Waals surface area contributed by atoms with Crippen LogP contribution in [-0.4, -0.2) is 20.9 Å². The molecule has 0 radical (unpaired) electrons. The second kappa shape index (κ2) is 5.04. The SMILES string of the molecule is CC(C)C(C(=O)O)n1cc(-c2ccccc2)cn1. The van der Waals surface area contributed by atoms with Crippen LogP contribution in [0.1, 0.15) is 19.9 Å². The number of rotatable bonds is 4. The van der Waals surface area contributed by atoms with Crippen LogP contribution >= 0.6 is 0 Å². The van der Waals surface area contributed by atoms with E-state index in [1.54, 1.807) is 12.4 Å². The zero-order chi connectivity index (χ0) is 13.1. The van der Waals surface area contributed by atoms with Crippen LogP contribution in [0.3, 0.4) is 0 Å². The van der Waals surface area contributed by atoms with Crippen molar-refractivity contribution in [1.82, 2.24) is 9.78 Å². The Balaban J connectivity index is 2.33. The first-order valence-corrected chi connectivity index (χ1v) is 5.92. The van der Waals surface area contributed by atoms with E-state index in [0.717, 1.165) is 11.1 Å². The van der Waals surface area contributed by atoms with Crippen molar-refractivity contribution < 1.29 is 9.90 Å². The number of benzene rings is 1. The lowest BCUT2D eigenvalue weighted by molar-refractivity contribution is -0.142. The number of carboxylic acid groups (broad SMARTS) is 1. The first-order chi connectivity index (χ1) is 8.59. The molecular formula is C14H16N2O2. The molecule has 1 heterocycles. The van der Waals surface area contributed by atoms with Gasteiger partial charge in [0.2, 0.25) is 0 Å². The second-order valence-corrected chi connectivity index (χ2v) is 4.60. The van der Waals surface area contributed by atoms with E-state index in [0.29, 0.717) is 0 Å². The third kappa shape index (κ3) is 2.42. The van der Waals surface area contributed by atoms with Crippen LogP contribution in [0, 0.1) is 5.92 Å². The molecule has 1 unspecified atom stereocenters. The maximum atomic E-state index is 11.2. The Bertz CT molecular complexity index is 532. The molecule has 1 aromatic carbocycles. The molecule has 0 amide bonds. The Morgan fingerprint density at radius 1 is 1.22 bits per heavy atom. The van der Waals surface area contributed by atoms with Gasteiger partial charge in [-0.25, -0.2) is 4.79 Å². The van der Waals surface area contributed by atoms with Crippen molar-refractivity contribution in [3.8, 4) is 11.1 Å². The summed E-state index contributed by atoms with van der Waals surface area (Å²) in [5.74, 6) is -0.862. The Morgan fingerprint density at radius 2 is 1.89 bits per heavy atom. The lowest BCUT2D eigenvalue weighted by Crippen LogP contribution is -2.24. The number of hydrogen-bond donors (Lipinski definition) is 1. The van der Waals surface area contributed by atoms with Crippen LogP contribution in [0.2, 0.25) is 0 Å². The van der Waals surface area contributed by atoms with Crippen molar-refractivity contribution in [2.24, 2.45) is 5.92 Å². The van der Waals surface area contributed by atoms with Gasteiger partial charge < -0.3 is 5.11 Å². The maximum Gasteiger partial charge on any atom is 0.328 e.